The van der Waals surface area contributed by atoms with Crippen molar-refractivity contribution in [3.8, 4) is 0 Å². The molecule has 1 aromatic heterocycles. The van der Waals surface area contributed by atoms with E-state index in [0.29, 0.717) is 5.56 Å². The van der Waals surface area contributed by atoms with Gasteiger partial charge in [-0.2, -0.15) is 0 Å². The van der Waals surface area contributed by atoms with Crippen molar-refractivity contribution in [1.29, 1.82) is 0 Å². The highest BCUT2D eigenvalue weighted by Crippen LogP contribution is 2.35. The highest BCUT2D eigenvalue weighted by atomic mass is 32.1. The molecule has 0 atom stereocenters. The predicted octanol–water partition coefficient (Wildman–Crippen LogP) is 3.22. The second-order valence-electron chi connectivity index (χ2n) is 4.32. The third-order valence-corrected chi connectivity index (χ3v) is 4.22. The van der Waals surface area contributed by atoms with Crippen LogP contribution in [-0.2, 0) is 6.42 Å². The number of amides is 1. The molecule has 0 saturated carbocycles. The number of fused-ring (bicyclic) bond motifs is 1. The van der Waals surface area contributed by atoms with Gasteiger partial charge in [0.1, 0.15) is 0 Å². The van der Waals surface area contributed by atoms with Crippen molar-refractivity contribution < 1.29 is 4.79 Å². The molecule has 3 rings (SSSR count). The Labute approximate surface area is 110 Å². The molecule has 1 aliphatic carbocycles. The lowest BCUT2D eigenvalue weighted by Gasteiger charge is -2.16. The maximum absolute atomic E-state index is 11.5. The largest absolute Gasteiger partial charge is 0.366 e. The molecule has 1 aliphatic rings. The summed E-state index contributed by atoms with van der Waals surface area (Å²) in [7, 11) is 0. The summed E-state index contributed by atoms with van der Waals surface area (Å²) in [6, 6.07) is 9.69. The number of hydrogen-bond acceptors (Lipinski definition) is 2. The highest BCUT2D eigenvalue weighted by Gasteiger charge is 2.18. The Balaban J connectivity index is 2.17. The van der Waals surface area contributed by atoms with E-state index in [2.05, 4.69) is 17.5 Å². The lowest BCUT2D eigenvalue weighted by molar-refractivity contribution is 0.1000. The van der Waals surface area contributed by atoms with Gasteiger partial charge in [0.25, 0.3) is 0 Å². The molecule has 0 saturated heterocycles. The van der Waals surface area contributed by atoms with Crippen molar-refractivity contribution in [2.24, 2.45) is 5.73 Å². The van der Waals surface area contributed by atoms with E-state index in [1.165, 1.54) is 10.4 Å². The first-order valence-corrected chi connectivity index (χ1v) is 6.81. The lowest BCUT2D eigenvalue weighted by atomic mass is 9.89. The molecule has 2 nitrogen and oxygen atoms in total. The van der Waals surface area contributed by atoms with Gasteiger partial charge in [0.05, 0.1) is 0 Å². The van der Waals surface area contributed by atoms with Crippen LogP contribution in [0.4, 0.5) is 0 Å². The van der Waals surface area contributed by atoms with Gasteiger partial charge in [-0.05, 0) is 47.1 Å². The molecule has 0 fully saturated rings. The Morgan fingerprint density at radius 3 is 2.83 bits per heavy atom. The number of allylic oxidation sites excluding steroid dienone is 1. The minimum atomic E-state index is -0.367. The van der Waals surface area contributed by atoms with Crippen LogP contribution in [0, 0.1) is 0 Å². The number of nitrogens with two attached hydrogens (primary N) is 1. The predicted molar refractivity (Wildman–Crippen MR) is 74.7 cm³/mol. The number of hydrogen-bond donors (Lipinski definition) is 1. The van der Waals surface area contributed by atoms with Crippen molar-refractivity contribution in [1.82, 2.24) is 0 Å². The first kappa shape index (κ1) is 11.2. The van der Waals surface area contributed by atoms with Gasteiger partial charge in [0.2, 0.25) is 5.91 Å². The summed E-state index contributed by atoms with van der Waals surface area (Å²) < 4.78 is 0. The van der Waals surface area contributed by atoms with Crippen LogP contribution >= 0.6 is 11.3 Å². The number of aryl methyl sites for hydroxylation is 1. The van der Waals surface area contributed by atoms with Crippen molar-refractivity contribution >= 4 is 22.8 Å². The Morgan fingerprint density at radius 1 is 1.17 bits per heavy atom. The summed E-state index contributed by atoms with van der Waals surface area (Å²) in [5.74, 6) is -0.367. The van der Waals surface area contributed by atoms with Gasteiger partial charge in [0.15, 0.2) is 0 Å². The van der Waals surface area contributed by atoms with Gasteiger partial charge in [-0.15, -0.1) is 11.3 Å². The monoisotopic (exact) mass is 255 g/mol. The second-order valence-corrected chi connectivity index (χ2v) is 5.32. The summed E-state index contributed by atoms with van der Waals surface area (Å²) in [6.07, 6.45) is 4.32. The van der Waals surface area contributed by atoms with E-state index < -0.39 is 0 Å². The summed E-state index contributed by atoms with van der Waals surface area (Å²) in [4.78, 5) is 12.9. The molecule has 2 N–H and O–H groups in total. The zero-order valence-corrected chi connectivity index (χ0v) is 10.7. The molecule has 0 spiro atoms. The topological polar surface area (TPSA) is 43.1 Å². The van der Waals surface area contributed by atoms with E-state index in [4.69, 9.17) is 5.73 Å². The van der Waals surface area contributed by atoms with Gasteiger partial charge < -0.3 is 5.73 Å². The van der Waals surface area contributed by atoms with Crippen molar-refractivity contribution in [2.45, 2.75) is 12.8 Å². The Hall–Kier alpha value is -1.87. The van der Waals surface area contributed by atoms with Crippen LogP contribution in [0.2, 0.25) is 0 Å². The van der Waals surface area contributed by atoms with Crippen LogP contribution in [0.15, 0.2) is 41.8 Å². The molecule has 1 amide bonds. The van der Waals surface area contributed by atoms with Crippen LogP contribution in [0.1, 0.15) is 32.8 Å². The lowest BCUT2D eigenvalue weighted by Crippen LogP contribution is -2.14. The molecule has 3 heteroatoms. The molecule has 1 aromatic carbocycles. The Bertz CT molecular complexity index is 639. The molecule has 0 aliphatic heterocycles. The first-order chi connectivity index (χ1) is 8.77. The first-order valence-electron chi connectivity index (χ1n) is 5.93. The van der Waals surface area contributed by atoms with Gasteiger partial charge in [-0.3, -0.25) is 4.79 Å². The van der Waals surface area contributed by atoms with E-state index >= 15 is 0 Å². The van der Waals surface area contributed by atoms with Crippen LogP contribution in [0.5, 0.6) is 0 Å². The third-order valence-electron chi connectivity index (χ3n) is 3.24. The molecule has 0 bridgehead atoms. The number of carbonyl (C=O) groups is 1. The van der Waals surface area contributed by atoms with Gasteiger partial charge in [0, 0.05) is 10.4 Å². The quantitative estimate of drug-likeness (QED) is 0.879. The summed E-state index contributed by atoms with van der Waals surface area (Å²) >= 11 is 1.78. The fraction of sp³-hybridized carbons (Fsp3) is 0.133. The normalized spacial score (nSPS) is 13.9. The zero-order valence-electron chi connectivity index (χ0n) is 9.85. The minimum Gasteiger partial charge on any atom is -0.366 e. The zero-order chi connectivity index (χ0) is 12.5. The third kappa shape index (κ3) is 1.77. The number of thiophene rings is 1. The number of benzene rings is 1. The maximum Gasteiger partial charge on any atom is 0.249 e. The van der Waals surface area contributed by atoms with E-state index in [0.717, 1.165) is 24.0 Å². The van der Waals surface area contributed by atoms with Crippen molar-refractivity contribution in [3.05, 3.63) is 63.4 Å². The number of carbonyl (C=O) groups excluding carboxylic acids is 1. The fourth-order valence-electron chi connectivity index (χ4n) is 2.42. The fourth-order valence-corrected chi connectivity index (χ4v) is 3.33. The Kier molecular flexibility index (Phi) is 2.76. The summed E-state index contributed by atoms with van der Waals surface area (Å²) in [6.45, 7) is 0. The van der Waals surface area contributed by atoms with Gasteiger partial charge >= 0.3 is 0 Å². The second kappa shape index (κ2) is 4.42. The van der Waals surface area contributed by atoms with Crippen LogP contribution < -0.4 is 5.73 Å². The van der Waals surface area contributed by atoms with E-state index in [1.807, 2.05) is 18.2 Å². The van der Waals surface area contributed by atoms with Crippen LogP contribution in [-0.4, -0.2) is 5.91 Å². The highest BCUT2D eigenvalue weighted by molar-refractivity contribution is 7.10. The molecule has 90 valence electrons. The molecular weight excluding hydrogens is 242 g/mol. The standard InChI is InChI=1S/C15H13NOS/c16-15(17)13-5-2-1-4-11(13)10-6-3-7-14-12(10)8-9-18-14/h1-2,4-6,8-9H,3,7H2,(H2,16,17). The number of primary amides is 1. The molecule has 1 heterocycles. The average molecular weight is 255 g/mol. The summed E-state index contributed by atoms with van der Waals surface area (Å²) in [5.41, 5.74) is 9.40. The van der Waals surface area contributed by atoms with Gasteiger partial charge in [-0.1, -0.05) is 24.3 Å². The number of rotatable bonds is 2. The maximum atomic E-state index is 11.5. The molecule has 0 radical (unpaired) electrons. The van der Waals surface area contributed by atoms with Crippen molar-refractivity contribution in [2.75, 3.05) is 0 Å². The average Bonchev–Trinajstić information content (AvgIpc) is 2.86. The van der Waals surface area contributed by atoms with E-state index in [-0.39, 0.29) is 5.91 Å². The van der Waals surface area contributed by atoms with E-state index in [1.54, 1.807) is 17.4 Å². The molecular formula is C15H13NOS. The van der Waals surface area contributed by atoms with Gasteiger partial charge in [-0.25, -0.2) is 0 Å². The van der Waals surface area contributed by atoms with Crippen LogP contribution in [0.25, 0.3) is 5.57 Å². The smallest absolute Gasteiger partial charge is 0.249 e. The minimum absolute atomic E-state index is 0.367. The molecule has 18 heavy (non-hydrogen) atoms. The SMILES string of the molecule is NC(=O)c1ccccc1C1=CCCc2sccc21. The van der Waals surface area contributed by atoms with Crippen molar-refractivity contribution in [3.63, 3.8) is 0 Å². The van der Waals surface area contributed by atoms with E-state index in [9.17, 15) is 4.79 Å². The molecule has 2 aromatic rings. The summed E-state index contributed by atoms with van der Waals surface area (Å²) in [5, 5.41) is 2.11. The van der Waals surface area contributed by atoms with Crippen LogP contribution in [0.3, 0.4) is 0 Å². The Morgan fingerprint density at radius 2 is 2.00 bits per heavy atom. The molecule has 0 unspecified atom stereocenters.